The number of nitrogens with one attached hydrogen (secondary N) is 1. The molecule has 1 aromatic rings. The van der Waals surface area contributed by atoms with E-state index in [9.17, 15) is 4.79 Å². The molecule has 0 spiro atoms. The Kier molecular flexibility index (Phi) is 6.79. The van der Waals surface area contributed by atoms with E-state index in [1.165, 1.54) is 0 Å². The monoisotopic (exact) mass is 329 g/mol. The number of hydrogen-bond donors (Lipinski definition) is 1. The van der Waals surface area contributed by atoms with Crippen molar-refractivity contribution in [2.24, 2.45) is 5.92 Å². The predicted molar refractivity (Wildman–Crippen MR) is 82.7 cm³/mol. The van der Waals surface area contributed by atoms with Crippen molar-refractivity contribution in [3.8, 4) is 0 Å². The second-order valence-corrected chi connectivity index (χ2v) is 6.80. The molecule has 1 atom stereocenters. The van der Waals surface area contributed by atoms with Crippen LogP contribution in [0.15, 0.2) is 28.7 Å². The van der Waals surface area contributed by atoms with E-state index < -0.39 is 0 Å². The van der Waals surface area contributed by atoms with Crippen molar-refractivity contribution in [2.75, 3.05) is 5.75 Å². The van der Waals surface area contributed by atoms with Crippen LogP contribution in [-0.4, -0.2) is 16.9 Å². The SMILES string of the molecule is CCSC(C(=O)NCc1ccc(Br)cc1)C(C)C. The maximum Gasteiger partial charge on any atom is 0.233 e. The lowest BCUT2D eigenvalue weighted by Gasteiger charge is -2.19. The summed E-state index contributed by atoms with van der Waals surface area (Å²) in [5.74, 6) is 1.47. The third kappa shape index (κ3) is 5.02. The number of rotatable bonds is 6. The first kappa shape index (κ1) is 15.6. The van der Waals surface area contributed by atoms with Gasteiger partial charge in [-0.1, -0.05) is 48.8 Å². The van der Waals surface area contributed by atoms with Crippen molar-refractivity contribution in [1.82, 2.24) is 5.32 Å². The van der Waals surface area contributed by atoms with Gasteiger partial charge in [-0.25, -0.2) is 0 Å². The zero-order valence-corrected chi connectivity index (χ0v) is 13.5. The highest BCUT2D eigenvalue weighted by Crippen LogP contribution is 2.19. The summed E-state index contributed by atoms with van der Waals surface area (Å²) in [6.45, 7) is 6.86. The highest BCUT2D eigenvalue weighted by Gasteiger charge is 2.21. The highest BCUT2D eigenvalue weighted by molar-refractivity contribution is 9.10. The van der Waals surface area contributed by atoms with E-state index in [4.69, 9.17) is 0 Å². The molecule has 0 saturated heterocycles. The van der Waals surface area contributed by atoms with Gasteiger partial charge < -0.3 is 5.32 Å². The molecule has 0 aliphatic rings. The molecule has 1 unspecified atom stereocenters. The zero-order chi connectivity index (χ0) is 13.5. The third-order valence-electron chi connectivity index (χ3n) is 2.59. The van der Waals surface area contributed by atoms with Crippen LogP contribution in [0.25, 0.3) is 0 Å². The van der Waals surface area contributed by atoms with Gasteiger partial charge in [0, 0.05) is 11.0 Å². The van der Waals surface area contributed by atoms with Gasteiger partial charge in [-0.05, 0) is 29.4 Å². The Morgan fingerprint density at radius 1 is 1.33 bits per heavy atom. The standard InChI is InChI=1S/C14H20BrNOS/c1-4-18-13(10(2)3)14(17)16-9-11-5-7-12(15)8-6-11/h5-8,10,13H,4,9H2,1-3H3,(H,16,17). The topological polar surface area (TPSA) is 29.1 Å². The summed E-state index contributed by atoms with van der Waals surface area (Å²) in [6.07, 6.45) is 0. The van der Waals surface area contributed by atoms with Crippen LogP contribution >= 0.6 is 27.7 Å². The van der Waals surface area contributed by atoms with E-state index in [1.807, 2.05) is 24.3 Å². The van der Waals surface area contributed by atoms with Crippen LogP contribution in [-0.2, 0) is 11.3 Å². The van der Waals surface area contributed by atoms with Gasteiger partial charge in [-0.3, -0.25) is 4.79 Å². The summed E-state index contributed by atoms with van der Waals surface area (Å²) in [4.78, 5) is 12.1. The zero-order valence-electron chi connectivity index (χ0n) is 11.1. The van der Waals surface area contributed by atoms with Gasteiger partial charge in [0.25, 0.3) is 0 Å². The summed E-state index contributed by atoms with van der Waals surface area (Å²) >= 11 is 5.11. The molecule has 0 aliphatic heterocycles. The average Bonchev–Trinajstić information content (AvgIpc) is 2.34. The number of thioether (sulfide) groups is 1. The Balaban J connectivity index is 2.51. The number of benzene rings is 1. The van der Waals surface area contributed by atoms with E-state index in [1.54, 1.807) is 11.8 Å². The number of carbonyl (C=O) groups is 1. The Morgan fingerprint density at radius 2 is 1.94 bits per heavy atom. The summed E-state index contributed by atoms with van der Waals surface area (Å²) < 4.78 is 1.05. The molecule has 2 nitrogen and oxygen atoms in total. The Bertz CT molecular complexity index is 378. The van der Waals surface area contributed by atoms with E-state index in [-0.39, 0.29) is 11.2 Å². The van der Waals surface area contributed by atoms with Crippen molar-refractivity contribution in [1.29, 1.82) is 0 Å². The average molecular weight is 330 g/mol. The fourth-order valence-electron chi connectivity index (χ4n) is 1.64. The summed E-state index contributed by atoms with van der Waals surface area (Å²) in [5, 5.41) is 3.06. The molecule has 0 heterocycles. The number of carbonyl (C=O) groups excluding carboxylic acids is 1. The lowest BCUT2D eigenvalue weighted by atomic mass is 10.1. The number of hydrogen-bond acceptors (Lipinski definition) is 2. The van der Waals surface area contributed by atoms with Crippen molar-refractivity contribution < 1.29 is 4.79 Å². The molecule has 0 aromatic heterocycles. The van der Waals surface area contributed by atoms with Gasteiger partial charge in [-0.15, -0.1) is 11.8 Å². The van der Waals surface area contributed by atoms with Gasteiger partial charge in [0.05, 0.1) is 5.25 Å². The molecule has 0 bridgehead atoms. The maximum atomic E-state index is 12.1. The van der Waals surface area contributed by atoms with Crippen molar-refractivity contribution in [3.05, 3.63) is 34.3 Å². The minimum Gasteiger partial charge on any atom is -0.351 e. The van der Waals surface area contributed by atoms with Crippen LogP contribution in [0.5, 0.6) is 0 Å². The molecule has 4 heteroatoms. The van der Waals surface area contributed by atoms with Crippen molar-refractivity contribution >= 4 is 33.6 Å². The second kappa shape index (κ2) is 7.85. The fraction of sp³-hybridized carbons (Fsp3) is 0.500. The van der Waals surface area contributed by atoms with E-state index in [0.29, 0.717) is 12.5 Å². The smallest absolute Gasteiger partial charge is 0.233 e. The Hall–Kier alpha value is -0.480. The fourth-order valence-corrected chi connectivity index (χ4v) is 2.89. The summed E-state index contributed by atoms with van der Waals surface area (Å²) in [5.41, 5.74) is 1.12. The molecule has 1 rings (SSSR count). The van der Waals surface area contributed by atoms with Crippen LogP contribution in [0.4, 0.5) is 0 Å². The minimum atomic E-state index is 0.0467. The second-order valence-electron chi connectivity index (χ2n) is 4.46. The Labute approximate surface area is 122 Å². The van der Waals surface area contributed by atoms with E-state index in [0.717, 1.165) is 15.8 Å². The molecule has 0 radical (unpaired) electrons. The highest BCUT2D eigenvalue weighted by atomic mass is 79.9. The first-order chi connectivity index (χ1) is 8.54. The number of amides is 1. The lowest BCUT2D eigenvalue weighted by Crippen LogP contribution is -2.35. The third-order valence-corrected chi connectivity index (χ3v) is 4.57. The van der Waals surface area contributed by atoms with E-state index >= 15 is 0 Å². The van der Waals surface area contributed by atoms with Crippen LogP contribution in [0.2, 0.25) is 0 Å². The molecular formula is C14H20BrNOS. The summed E-state index contributed by atoms with van der Waals surface area (Å²) in [7, 11) is 0. The molecule has 1 amide bonds. The van der Waals surface area contributed by atoms with E-state index in [2.05, 4.69) is 42.0 Å². The summed E-state index contributed by atoms with van der Waals surface area (Å²) in [6, 6.07) is 8.01. The normalized spacial score (nSPS) is 12.5. The minimum absolute atomic E-state index is 0.0467. The van der Waals surface area contributed by atoms with Crippen LogP contribution < -0.4 is 5.32 Å². The molecular weight excluding hydrogens is 310 g/mol. The lowest BCUT2D eigenvalue weighted by molar-refractivity contribution is -0.121. The van der Waals surface area contributed by atoms with Gasteiger partial charge in [0.15, 0.2) is 0 Å². The molecule has 1 aromatic carbocycles. The number of halogens is 1. The van der Waals surface area contributed by atoms with Gasteiger partial charge in [0.2, 0.25) is 5.91 Å². The first-order valence-electron chi connectivity index (χ1n) is 6.18. The van der Waals surface area contributed by atoms with Crippen LogP contribution in [0, 0.1) is 5.92 Å². The predicted octanol–water partition coefficient (Wildman–Crippen LogP) is 3.84. The van der Waals surface area contributed by atoms with Gasteiger partial charge in [0.1, 0.15) is 0 Å². The van der Waals surface area contributed by atoms with Crippen molar-refractivity contribution in [2.45, 2.75) is 32.6 Å². The molecule has 0 fully saturated rings. The first-order valence-corrected chi connectivity index (χ1v) is 8.02. The Morgan fingerprint density at radius 3 is 2.44 bits per heavy atom. The molecule has 0 aliphatic carbocycles. The molecule has 0 saturated carbocycles. The largest absolute Gasteiger partial charge is 0.351 e. The van der Waals surface area contributed by atoms with Crippen molar-refractivity contribution in [3.63, 3.8) is 0 Å². The van der Waals surface area contributed by atoms with Gasteiger partial charge in [-0.2, -0.15) is 0 Å². The molecule has 1 N–H and O–H groups in total. The van der Waals surface area contributed by atoms with Gasteiger partial charge >= 0.3 is 0 Å². The molecule has 100 valence electrons. The maximum absolute atomic E-state index is 12.1. The van der Waals surface area contributed by atoms with Crippen LogP contribution in [0.3, 0.4) is 0 Å². The quantitative estimate of drug-likeness (QED) is 0.859. The van der Waals surface area contributed by atoms with Crippen LogP contribution in [0.1, 0.15) is 26.3 Å². The molecule has 18 heavy (non-hydrogen) atoms.